The van der Waals surface area contributed by atoms with E-state index in [1.165, 1.54) is 5.39 Å². The van der Waals surface area contributed by atoms with E-state index in [2.05, 4.69) is 45.5 Å². The lowest BCUT2D eigenvalue weighted by molar-refractivity contribution is 0.229. The van der Waals surface area contributed by atoms with Crippen LogP contribution >= 0.6 is 0 Å². The second kappa shape index (κ2) is 5.63. The number of rotatable bonds is 3. The van der Waals surface area contributed by atoms with Gasteiger partial charge in [-0.25, -0.2) is 0 Å². The highest BCUT2D eigenvalue weighted by atomic mass is 15.2. The number of piperazine rings is 1. The number of fused-ring (bicyclic) bond motifs is 1. The monoisotopic (exact) mass is 256 g/mol. The Hall–Kier alpha value is -1.52. The molecule has 0 spiro atoms. The lowest BCUT2D eigenvalue weighted by Gasteiger charge is -2.29. The molecule has 2 heterocycles. The predicted molar refractivity (Wildman–Crippen MR) is 77.3 cm³/mol. The van der Waals surface area contributed by atoms with Crippen LogP contribution in [0, 0.1) is 0 Å². The Kier molecular flexibility index (Phi) is 3.71. The molecule has 0 aliphatic carbocycles. The molecule has 1 aliphatic rings. The zero-order valence-corrected chi connectivity index (χ0v) is 11.3. The Bertz CT molecular complexity index is 549. The summed E-state index contributed by atoms with van der Waals surface area (Å²) in [5.74, 6) is 0.426. The van der Waals surface area contributed by atoms with Crippen molar-refractivity contribution < 1.29 is 0 Å². The summed E-state index contributed by atoms with van der Waals surface area (Å²) in [7, 11) is 0. The number of hydrogen-bond acceptors (Lipinski definition) is 4. The summed E-state index contributed by atoms with van der Waals surface area (Å²) in [6.45, 7) is 7.75. The normalized spacial score (nSPS) is 18.6. The van der Waals surface area contributed by atoms with Gasteiger partial charge < -0.3 is 10.2 Å². The number of hydrogen-bond donors (Lipinski definition) is 1. The molecule has 1 aromatic heterocycles. The quantitative estimate of drug-likeness (QED) is 0.906. The summed E-state index contributed by atoms with van der Waals surface area (Å²) in [6.07, 6.45) is 0. The van der Waals surface area contributed by atoms with Crippen LogP contribution < -0.4 is 5.32 Å². The fourth-order valence-electron chi connectivity index (χ4n) is 2.62. The molecule has 0 saturated carbocycles. The topological polar surface area (TPSA) is 41.0 Å². The molecule has 1 saturated heterocycles. The summed E-state index contributed by atoms with van der Waals surface area (Å²) < 4.78 is 0. The van der Waals surface area contributed by atoms with Crippen molar-refractivity contribution in [3.63, 3.8) is 0 Å². The Balaban J connectivity index is 1.75. The van der Waals surface area contributed by atoms with Crippen molar-refractivity contribution in [3.8, 4) is 0 Å². The zero-order chi connectivity index (χ0) is 13.1. The van der Waals surface area contributed by atoms with Gasteiger partial charge in [-0.15, -0.1) is 0 Å². The molecule has 1 N–H and O–H groups in total. The molecule has 3 rings (SSSR count). The van der Waals surface area contributed by atoms with E-state index in [1.807, 2.05) is 12.1 Å². The van der Waals surface area contributed by atoms with Gasteiger partial charge >= 0.3 is 0 Å². The average molecular weight is 256 g/mol. The SMILES string of the molecule is CC(CN1CCNCC1)c1cc2ccccc2nn1. The molecule has 1 fully saturated rings. The van der Waals surface area contributed by atoms with E-state index in [-0.39, 0.29) is 0 Å². The molecule has 100 valence electrons. The first-order valence-electron chi connectivity index (χ1n) is 6.98. The summed E-state index contributed by atoms with van der Waals surface area (Å²) >= 11 is 0. The summed E-state index contributed by atoms with van der Waals surface area (Å²) in [5.41, 5.74) is 2.07. The lowest BCUT2D eigenvalue weighted by Crippen LogP contribution is -2.44. The van der Waals surface area contributed by atoms with Gasteiger partial charge in [0.05, 0.1) is 11.2 Å². The van der Waals surface area contributed by atoms with Crippen LogP contribution in [0.15, 0.2) is 30.3 Å². The first-order chi connectivity index (χ1) is 9.33. The highest BCUT2D eigenvalue weighted by Crippen LogP contribution is 2.18. The Morgan fingerprint density at radius 3 is 2.84 bits per heavy atom. The van der Waals surface area contributed by atoms with Gasteiger partial charge in [0, 0.05) is 44.0 Å². The number of nitrogens with zero attached hydrogens (tertiary/aromatic N) is 3. The Morgan fingerprint density at radius 2 is 2.00 bits per heavy atom. The third-order valence-corrected chi connectivity index (χ3v) is 3.76. The van der Waals surface area contributed by atoms with Crippen molar-refractivity contribution in [2.24, 2.45) is 0 Å². The molecule has 4 heteroatoms. The Labute approximate surface area is 113 Å². The van der Waals surface area contributed by atoms with Crippen molar-refractivity contribution in [1.82, 2.24) is 20.4 Å². The van der Waals surface area contributed by atoms with E-state index in [4.69, 9.17) is 0 Å². The second-order valence-corrected chi connectivity index (χ2v) is 5.28. The highest BCUT2D eigenvalue weighted by Gasteiger charge is 2.15. The molecule has 1 aromatic carbocycles. The molecular weight excluding hydrogens is 236 g/mol. The van der Waals surface area contributed by atoms with Gasteiger partial charge in [-0.05, 0) is 12.1 Å². The molecule has 4 nitrogen and oxygen atoms in total. The molecule has 0 bridgehead atoms. The first-order valence-corrected chi connectivity index (χ1v) is 6.98. The Morgan fingerprint density at radius 1 is 1.21 bits per heavy atom. The standard InChI is InChI=1S/C15H20N4/c1-12(11-19-8-6-16-7-9-19)15-10-13-4-2-3-5-14(13)17-18-15/h2-5,10,12,16H,6-9,11H2,1H3. The van der Waals surface area contributed by atoms with Crippen LogP contribution in [-0.4, -0.2) is 47.8 Å². The van der Waals surface area contributed by atoms with Gasteiger partial charge in [-0.1, -0.05) is 25.1 Å². The minimum absolute atomic E-state index is 0.426. The molecule has 1 aliphatic heterocycles. The third kappa shape index (κ3) is 2.91. The number of aromatic nitrogens is 2. The zero-order valence-electron chi connectivity index (χ0n) is 11.3. The van der Waals surface area contributed by atoms with Crippen molar-refractivity contribution >= 4 is 10.9 Å². The molecular formula is C15H20N4. The smallest absolute Gasteiger partial charge is 0.0929 e. The average Bonchev–Trinajstić information content (AvgIpc) is 2.48. The predicted octanol–water partition coefficient (Wildman–Crippen LogP) is 1.64. The van der Waals surface area contributed by atoms with E-state index >= 15 is 0 Å². The van der Waals surface area contributed by atoms with E-state index in [0.717, 1.165) is 43.9 Å². The molecule has 2 aromatic rings. The van der Waals surface area contributed by atoms with E-state index in [1.54, 1.807) is 0 Å². The van der Waals surface area contributed by atoms with E-state index < -0.39 is 0 Å². The van der Waals surface area contributed by atoms with Crippen molar-refractivity contribution in [3.05, 3.63) is 36.0 Å². The molecule has 1 atom stereocenters. The maximum Gasteiger partial charge on any atom is 0.0929 e. The minimum atomic E-state index is 0.426. The second-order valence-electron chi connectivity index (χ2n) is 5.28. The fourth-order valence-corrected chi connectivity index (χ4v) is 2.62. The van der Waals surface area contributed by atoms with Crippen molar-refractivity contribution in [2.75, 3.05) is 32.7 Å². The van der Waals surface area contributed by atoms with Gasteiger partial charge in [0.2, 0.25) is 0 Å². The largest absolute Gasteiger partial charge is 0.314 e. The van der Waals surface area contributed by atoms with Gasteiger partial charge in [0.25, 0.3) is 0 Å². The maximum atomic E-state index is 4.38. The molecule has 1 unspecified atom stereocenters. The minimum Gasteiger partial charge on any atom is -0.314 e. The van der Waals surface area contributed by atoms with Crippen LogP contribution in [0.3, 0.4) is 0 Å². The van der Waals surface area contributed by atoms with Crippen molar-refractivity contribution in [1.29, 1.82) is 0 Å². The number of nitrogens with one attached hydrogen (secondary N) is 1. The van der Waals surface area contributed by atoms with Gasteiger partial charge in [-0.2, -0.15) is 10.2 Å². The first kappa shape index (κ1) is 12.5. The van der Waals surface area contributed by atoms with Gasteiger partial charge in [-0.3, -0.25) is 0 Å². The maximum absolute atomic E-state index is 4.38. The summed E-state index contributed by atoms with van der Waals surface area (Å²) in [6, 6.07) is 10.3. The summed E-state index contributed by atoms with van der Waals surface area (Å²) in [4.78, 5) is 2.50. The van der Waals surface area contributed by atoms with Crippen LogP contribution in [0.2, 0.25) is 0 Å². The van der Waals surface area contributed by atoms with Gasteiger partial charge in [0.15, 0.2) is 0 Å². The van der Waals surface area contributed by atoms with E-state index in [9.17, 15) is 0 Å². The van der Waals surface area contributed by atoms with Crippen LogP contribution in [0.1, 0.15) is 18.5 Å². The summed E-state index contributed by atoms with van der Waals surface area (Å²) in [5, 5.41) is 13.3. The van der Waals surface area contributed by atoms with Crippen LogP contribution in [0.5, 0.6) is 0 Å². The highest BCUT2D eigenvalue weighted by molar-refractivity contribution is 5.77. The number of benzene rings is 1. The van der Waals surface area contributed by atoms with Crippen LogP contribution in [0.25, 0.3) is 10.9 Å². The van der Waals surface area contributed by atoms with Crippen LogP contribution in [-0.2, 0) is 0 Å². The third-order valence-electron chi connectivity index (χ3n) is 3.76. The van der Waals surface area contributed by atoms with E-state index in [0.29, 0.717) is 5.92 Å². The fraction of sp³-hybridized carbons (Fsp3) is 0.467. The van der Waals surface area contributed by atoms with Gasteiger partial charge in [0.1, 0.15) is 0 Å². The molecule has 0 amide bonds. The molecule has 0 radical (unpaired) electrons. The van der Waals surface area contributed by atoms with Crippen LogP contribution in [0.4, 0.5) is 0 Å². The lowest BCUT2D eigenvalue weighted by atomic mass is 10.0. The molecule has 19 heavy (non-hydrogen) atoms. The van der Waals surface area contributed by atoms with Crippen molar-refractivity contribution in [2.45, 2.75) is 12.8 Å².